The first-order valence-electron chi connectivity index (χ1n) is 9.43. The Hall–Kier alpha value is -3.68. The van der Waals surface area contributed by atoms with Crippen LogP contribution in [-0.4, -0.2) is 39.7 Å². The van der Waals surface area contributed by atoms with Gasteiger partial charge in [-0.1, -0.05) is 12.1 Å². The number of anilines is 2. The summed E-state index contributed by atoms with van der Waals surface area (Å²) in [5.74, 6) is 0.803. The van der Waals surface area contributed by atoms with E-state index in [0.29, 0.717) is 23.8 Å². The van der Waals surface area contributed by atoms with Gasteiger partial charge < -0.3 is 15.0 Å². The summed E-state index contributed by atoms with van der Waals surface area (Å²) in [4.78, 5) is 30.1. The molecular formula is C21H21N5O3. The third-order valence-corrected chi connectivity index (χ3v) is 4.66. The number of pyridine rings is 1. The number of carbonyl (C=O) groups excluding carboxylic acids is 2. The van der Waals surface area contributed by atoms with Crippen LogP contribution in [0.15, 0.2) is 61.1 Å². The molecule has 2 aromatic heterocycles. The van der Waals surface area contributed by atoms with Crippen LogP contribution in [0.25, 0.3) is 0 Å². The summed E-state index contributed by atoms with van der Waals surface area (Å²) < 4.78 is 7.21. The van der Waals surface area contributed by atoms with E-state index in [1.807, 2.05) is 42.6 Å². The number of nitrogens with one attached hydrogen (secondary N) is 1. The average molecular weight is 391 g/mol. The number of fused-ring (bicyclic) bond motifs is 1. The van der Waals surface area contributed by atoms with Crippen LogP contribution >= 0.6 is 0 Å². The van der Waals surface area contributed by atoms with Crippen molar-refractivity contribution in [2.45, 2.75) is 19.4 Å². The Morgan fingerprint density at radius 3 is 2.79 bits per heavy atom. The van der Waals surface area contributed by atoms with Crippen molar-refractivity contribution in [2.75, 3.05) is 23.4 Å². The molecule has 3 aromatic rings. The number of benzene rings is 1. The first-order valence-corrected chi connectivity index (χ1v) is 9.43. The summed E-state index contributed by atoms with van der Waals surface area (Å²) in [6.07, 6.45) is 6.36. The number of hydrogen-bond acceptors (Lipinski definition) is 5. The zero-order valence-corrected chi connectivity index (χ0v) is 15.8. The molecule has 8 nitrogen and oxygen atoms in total. The zero-order chi connectivity index (χ0) is 20.1. The normalized spacial score (nSPS) is 13.0. The van der Waals surface area contributed by atoms with Crippen LogP contribution in [0.4, 0.5) is 11.5 Å². The predicted octanol–water partition coefficient (Wildman–Crippen LogP) is 2.28. The number of aromatic nitrogens is 3. The molecule has 0 aliphatic carbocycles. The third-order valence-electron chi connectivity index (χ3n) is 4.66. The van der Waals surface area contributed by atoms with E-state index in [2.05, 4.69) is 15.4 Å². The van der Waals surface area contributed by atoms with Gasteiger partial charge in [0.25, 0.3) is 5.91 Å². The first-order chi connectivity index (χ1) is 14.2. The number of amides is 2. The van der Waals surface area contributed by atoms with Gasteiger partial charge in [-0.3, -0.25) is 19.3 Å². The molecule has 0 bridgehead atoms. The highest BCUT2D eigenvalue weighted by atomic mass is 16.5. The van der Waals surface area contributed by atoms with Gasteiger partial charge in [0, 0.05) is 44.2 Å². The number of nitrogens with zero attached hydrogens (tertiary/aromatic N) is 4. The van der Waals surface area contributed by atoms with Gasteiger partial charge in [-0.25, -0.2) is 0 Å². The van der Waals surface area contributed by atoms with E-state index in [-0.39, 0.29) is 31.4 Å². The lowest BCUT2D eigenvalue weighted by molar-refractivity contribution is -0.121. The van der Waals surface area contributed by atoms with E-state index in [1.54, 1.807) is 28.0 Å². The molecule has 1 aromatic carbocycles. The lowest BCUT2D eigenvalue weighted by atomic mass is 10.2. The second-order valence-electron chi connectivity index (χ2n) is 6.67. The van der Waals surface area contributed by atoms with Crippen molar-refractivity contribution in [2.24, 2.45) is 0 Å². The number of ether oxygens (including phenoxy) is 1. The van der Waals surface area contributed by atoms with Gasteiger partial charge in [0.1, 0.15) is 5.75 Å². The van der Waals surface area contributed by atoms with E-state index < -0.39 is 0 Å². The van der Waals surface area contributed by atoms with Crippen LogP contribution in [-0.2, 0) is 22.6 Å². The SMILES string of the molecule is O=C(CCN1C(=O)COc2ccccc21)Nc1ccn(CCc2ccncc2)n1. The molecule has 2 amide bonds. The van der Waals surface area contributed by atoms with E-state index in [9.17, 15) is 9.59 Å². The Morgan fingerprint density at radius 2 is 1.93 bits per heavy atom. The summed E-state index contributed by atoms with van der Waals surface area (Å²) in [6, 6.07) is 13.0. The molecule has 29 heavy (non-hydrogen) atoms. The highest BCUT2D eigenvalue weighted by Crippen LogP contribution is 2.31. The van der Waals surface area contributed by atoms with Crippen LogP contribution < -0.4 is 15.0 Å². The molecule has 8 heteroatoms. The molecule has 0 fully saturated rings. The molecule has 0 unspecified atom stereocenters. The average Bonchev–Trinajstić information content (AvgIpc) is 3.19. The molecule has 3 heterocycles. The molecule has 0 radical (unpaired) electrons. The van der Waals surface area contributed by atoms with Gasteiger partial charge in [0.15, 0.2) is 12.4 Å². The number of hydrogen-bond donors (Lipinski definition) is 1. The molecule has 4 rings (SSSR count). The Morgan fingerprint density at radius 1 is 1.10 bits per heavy atom. The van der Waals surface area contributed by atoms with Gasteiger partial charge in [-0.05, 0) is 36.2 Å². The van der Waals surface area contributed by atoms with E-state index in [0.717, 1.165) is 6.42 Å². The predicted molar refractivity (Wildman–Crippen MR) is 108 cm³/mol. The highest BCUT2D eigenvalue weighted by molar-refractivity contribution is 5.99. The van der Waals surface area contributed by atoms with Gasteiger partial charge in [0.2, 0.25) is 5.91 Å². The summed E-state index contributed by atoms with van der Waals surface area (Å²) >= 11 is 0. The molecule has 148 valence electrons. The minimum absolute atomic E-state index is 0.0134. The monoisotopic (exact) mass is 391 g/mol. The number of carbonyl (C=O) groups is 2. The van der Waals surface area contributed by atoms with E-state index >= 15 is 0 Å². The minimum atomic E-state index is -0.193. The van der Waals surface area contributed by atoms with Gasteiger partial charge >= 0.3 is 0 Å². The third kappa shape index (κ3) is 4.60. The molecule has 1 aliphatic rings. The van der Waals surface area contributed by atoms with Crippen molar-refractivity contribution in [3.63, 3.8) is 0 Å². The maximum atomic E-state index is 12.3. The molecule has 0 atom stereocenters. The quantitative estimate of drug-likeness (QED) is 0.667. The summed E-state index contributed by atoms with van der Waals surface area (Å²) in [5, 5.41) is 7.17. The van der Waals surface area contributed by atoms with Crippen LogP contribution in [0.5, 0.6) is 5.75 Å². The second-order valence-corrected chi connectivity index (χ2v) is 6.67. The Balaban J connectivity index is 1.29. The zero-order valence-electron chi connectivity index (χ0n) is 15.8. The summed E-state index contributed by atoms with van der Waals surface area (Å²) in [7, 11) is 0. The minimum Gasteiger partial charge on any atom is -0.482 e. The first kappa shape index (κ1) is 18.7. The van der Waals surface area contributed by atoms with E-state index in [4.69, 9.17) is 4.74 Å². The second kappa shape index (κ2) is 8.55. The van der Waals surface area contributed by atoms with Crippen molar-refractivity contribution in [1.82, 2.24) is 14.8 Å². The maximum Gasteiger partial charge on any atom is 0.265 e. The molecule has 1 N–H and O–H groups in total. The largest absolute Gasteiger partial charge is 0.482 e. The van der Waals surface area contributed by atoms with Crippen molar-refractivity contribution in [3.05, 3.63) is 66.6 Å². The molecule has 1 aliphatic heterocycles. The van der Waals surface area contributed by atoms with Crippen LogP contribution in [0.1, 0.15) is 12.0 Å². The lowest BCUT2D eigenvalue weighted by Gasteiger charge is -2.29. The molecule has 0 saturated carbocycles. The lowest BCUT2D eigenvalue weighted by Crippen LogP contribution is -2.40. The fourth-order valence-corrected chi connectivity index (χ4v) is 3.16. The van der Waals surface area contributed by atoms with Gasteiger partial charge in [0.05, 0.1) is 5.69 Å². The standard InChI is InChI=1S/C21H21N5O3/c27-20(9-14-26-17-3-1-2-4-18(17)29-15-21(26)28)23-19-8-13-25(24-19)12-7-16-5-10-22-11-6-16/h1-6,8,10-11,13H,7,9,12,14-15H2,(H,23,24,27). The van der Waals surface area contributed by atoms with Crippen molar-refractivity contribution in [1.29, 1.82) is 0 Å². The molecule has 0 spiro atoms. The molecular weight excluding hydrogens is 370 g/mol. The highest BCUT2D eigenvalue weighted by Gasteiger charge is 2.25. The Labute approximate surface area is 168 Å². The van der Waals surface area contributed by atoms with Crippen molar-refractivity contribution >= 4 is 23.3 Å². The van der Waals surface area contributed by atoms with Gasteiger partial charge in [-0.15, -0.1) is 0 Å². The number of para-hydroxylation sites is 2. The maximum absolute atomic E-state index is 12.3. The van der Waals surface area contributed by atoms with Crippen LogP contribution in [0.2, 0.25) is 0 Å². The van der Waals surface area contributed by atoms with Crippen molar-refractivity contribution in [3.8, 4) is 5.75 Å². The topological polar surface area (TPSA) is 89.4 Å². The summed E-state index contributed by atoms with van der Waals surface area (Å²) in [5.41, 5.74) is 1.87. The van der Waals surface area contributed by atoms with E-state index in [1.165, 1.54) is 5.56 Å². The summed E-state index contributed by atoms with van der Waals surface area (Å²) in [6.45, 7) is 0.979. The van der Waals surface area contributed by atoms with Crippen LogP contribution in [0, 0.1) is 0 Å². The van der Waals surface area contributed by atoms with Crippen LogP contribution in [0.3, 0.4) is 0 Å². The number of rotatable bonds is 7. The fraction of sp³-hybridized carbons (Fsp3) is 0.238. The Bertz CT molecular complexity index is 1000. The fourth-order valence-electron chi connectivity index (χ4n) is 3.16. The number of aryl methyl sites for hydroxylation is 2. The van der Waals surface area contributed by atoms with Gasteiger partial charge in [-0.2, -0.15) is 5.10 Å². The Kier molecular flexibility index (Phi) is 5.51. The smallest absolute Gasteiger partial charge is 0.265 e. The van der Waals surface area contributed by atoms with Crippen molar-refractivity contribution < 1.29 is 14.3 Å². The molecule has 0 saturated heterocycles.